The van der Waals surface area contributed by atoms with Gasteiger partial charge in [-0.1, -0.05) is 0 Å². The fourth-order valence-electron chi connectivity index (χ4n) is 5.18. The van der Waals surface area contributed by atoms with E-state index in [1.54, 1.807) is 0 Å². The second kappa shape index (κ2) is 9.51. The maximum absolute atomic E-state index is 13.8. The van der Waals surface area contributed by atoms with Crippen molar-refractivity contribution in [2.45, 2.75) is 6.42 Å². The second-order valence-corrected chi connectivity index (χ2v) is 9.29. The maximum atomic E-state index is 13.8. The number of rotatable bonds is 8. The topological polar surface area (TPSA) is 249 Å². The molecule has 4 aromatic rings. The van der Waals surface area contributed by atoms with E-state index in [1.165, 1.54) is 30.9 Å². The molecule has 0 aliphatic heterocycles. The molecule has 3 aromatic heterocycles. The Balaban J connectivity index is 1.95. The number of ether oxygens (including phenoxy) is 1. The lowest BCUT2D eigenvalue weighted by atomic mass is 9.86. The Bertz CT molecular complexity index is 2070. The second-order valence-electron chi connectivity index (χ2n) is 9.29. The van der Waals surface area contributed by atoms with Gasteiger partial charge in [0.1, 0.15) is 22.8 Å². The maximum Gasteiger partial charge on any atom is 0.352 e. The number of carboxylic acid groups (broad SMARTS) is 4. The Kier molecular flexibility index (Phi) is 6.22. The lowest BCUT2D eigenvalue weighted by Crippen LogP contribution is -2.41. The van der Waals surface area contributed by atoms with Gasteiger partial charge < -0.3 is 44.8 Å². The number of benzene rings is 1. The number of Topliss-reactive ketones (excluding diaryl/α,β-unsaturated/α-hetero) is 2. The van der Waals surface area contributed by atoms with Crippen molar-refractivity contribution in [3.63, 3.8) is 0 Å². The minimum Gasteiger partial charge on any atom is -0.504 e. The monoisotopic (exact) mass is 577 g/mol. The standard InChI is InChI=1S/C27H19N3O12/c1-30-14(26(38)39)5-9-6-15(31)23(42-2)17(20(9)30)16-10-7-13(25(36)37)29-19(10)11(21(32)22(16)33)3-8-4-12(24(34)35)28-18(8)27(40)41/h4-7,28-29,31H,3H2,1-2H3,(H,34,35)(H,36,37)(H,38,39)(H,40,41). The number of ketones is 2. The number of phenolic OH excluding ortho intramolecular Hbond substituents is 1. The van der Waals surface area contributed by atoms with Crippen molar-refractivity contribution in [3.05, 3.63) is 68.7 Å². The number of fused-ring (bicyclic) bond motifs is 2. The summed E-state index contributed by atoms with van der Waals surface area (Å²) >= 11 is 0. The number of carboxylic acids is 4. The van der Waals surface area contributed by atoms with Gasteiger partial charge in [-0.15, -0.1) is 0 Å². The van der Waals surface area contributed by atoms with E-state index in [1.807, 2.05) is 0 Å². The molecule has 15 nitrogen and oxygen atoms in total. The predicted octanol–water partition coefficient (Wildman–Crippen LogP) is 0.0857. The number of H-pyrrole nitrogens is 2. The predicted molar refractivity (Wildman–Crippen MR) is 139 cm³/mol. The molecule has 0 saturated heterocycles. The first-order chi connectivity index (χ1) is 19.8. The molecule has 0 saturated carbocycles. The highest BCUT2D eigenvalue weighted by Gasteiger charge is 2.36. The van der Waals surface area contributed by atoms with Gasteiger partial charge in [0.2, 0.25) is 11.6 Å². The van der Waals surface area contributed by atoms with E-state index in [0.717, 1.165) is 12.1 Å². The van der Waals surface area contributed by atoms with Gasteiger partial charge >= 0.3 is 23.9 Å². The van der Waals surface area contributed by atoms with Crippen molar-refractivity contribution in [3.8, 4) is 11.5 Å². The molecule has 15 heteroatoms. The minimum atomic E-state index is -1.54. The highest BCUT2D eigenvalue weighted by Crippen LogP contribution is 2.42. The fraction of sp³-hybridized carbons (Fsp3) is 0.111. The van der Waals surface area contributed by atoms with Crippen molar-refractivity contribution in [1.82, 2.24) is 14.5 Å². The van der Waals surface area contributed by atoms with Gasteiger partial charge in [0.05, 0.1) is 23.5 Å². The van der Waals surface area contributed by atoms with Gasteiger partial charge in [-0.05, 0) is 29.8 Å². The number of aromatic carboxylic acids is 4. The van der Waals surface area contributed by atoms with E-state index in [4.69, 9.17) is 4.74 Å². The Hall–Kier alpha value is -6.12. The highest BCUT2D eigenvalue weighted by atomic mass is 16.5. The summed E-state index contributed by atoms with van der Waals surface area (Å²) in [7, 11) is 2.54. The van der Waals surface area contributed by atoms with Crippen LogP contribution in [0.25, 0.3) is 22.0 Å². The molecule has 1 aliphatic carbocycles. The number of nitrogens with zero attached hydrogens (tertiary/aromatic N) is 1. The van der Waals surface area contributed by atoms with E-state index < -0.39 is 70.3 Å². The highest BCUT2D eigenvalue weighted by molar-refractivity contribution is 6.65. The molecule has 0 amide bonds. The van der Waals surface area contributed by atoms with Crippen LogP contribution < -0.4 is 15.3 Å². The Labute approximate surface area is 232 Å². The van der Waals surface area contributed by atoms with Gasteiger partial charge in [0.25, 0.3) is 0 Å². The summed E-state index contributed by atoms with van der Waals surface area (Å²) in [5.74, 6) is -8.99. The van der Waals surface area contributed by atoms with Crippen LogP contribution in [0.4, 0.5) is 0 Å². The number of methoxy groups -OCH3 is 1. The lowest BCUT2D eigenvalue weighted by Gasteiger charge is -2.18. The lowest BCUT2D eigenvalue weighted by molar-refractivity contribution is -0.130. The molecular weight excluding hydrogens is 558 g/mol. The molecule has 1 aromatic carbocycles. The van der Waals surface area contributed by atoms with Crippen LogP contribution >= 0.6 is 0 Å². The van der Waals surface area contributed by atoms with Crippen LogP contribution in [0.2, 0.25) is 0 Å². The molecule has 0 radical (unpaired) electrons. The van der Waals surface area contributed by atoms with E-state index in [2.05, 4.69) is 9.97 Å². The largest absolute Gasteiger partial charge is 0.504 e. The number of aromatic hydroxyl groups is 1. The van der Waals surface area contributed by atoms with Crippen molar-refractivity contribution in [2.24, 2.45) is 7.05 Å². The van der Waals surface area contributed by atoms with E-state index in [9.17, 15) is 54.3 Å². The zero-order chi connectivity index (χ0) is 30.8. The number of carbonyl (C=O) groups excluding carboxylic acids is 2. The quantitative estimate of drug-likeness (QED) is 0.138. The van der Waals surface area contributed by atoms with Crippen molar-refractivity contribution >= 4 is 57.5 Å². The van der Waals surface area contributed by atoms with Crippen molar-refractivity contribution < 1.29 is 59.0 Å². The summed E-state index contributed by atoms with van der Waals surface area (Å²) < 4.78 is 6.56. The van der Waals surface area contributed by atoms with Crippen LogP contribution in [-0.4, -0.2) is 82.6 Å². The first kappa shape index (κ1) is 27.4. The first-order valence-corrected chi connectivity index (χ1v) is 11.9. The van der Waals surface area contributed by atoms with Gasteiger partial charge in [-0.2, -0.15) is 0 Å². The molecule has 0 fully saturated rings. The number of phenols is 1. The number of carbonyl (C=O) groups is 6. The SMILES string of the molecule is COc1c(O)cc2cc(C(=O)O)n(C)c2c1C1=c2cc(C(=O)O)[nH]c2=C(Cc2cc(C(=O)O)[nH]c2C(=O)O)C(=O)C1=O. The number of hydrogen-bond donors (Lipinski definition) is 7. The van der Waals surface area contributed by atoms with E-state index in [0.29, 0.717) is 0 Å². The molecule has 1 aliphatic rings. The molecule has 42 heavy (non-hydrogen) atoms. The molecule has 7 N–H and O–H groups in total. The van der Waals surface area contributed by atoms with Crippen molar-refractivity contribution in [2.75, 3.05) is 7.11 Å². The molecule has 0 spiro atoms. The van der Waals surface area contributed by atoms with Crippen LogP contribution in [0.15, 0.2) is 24.3 Å². The Morgan fingerprint density at radius 3 is 2.07 bits per heavy atom. The number of aromatic amines is 2. The molecule has 0 bridgehead atoms. The van der Waals surface area contributed by atoms with Crippen LogP contribution in [0.3, 0.4) is 0 Å². The van der Waals surface area contributed by atoms with Crippen LogP contribution in [0, 0.1) is 0 Å². The van der Waals surface area contributed by atoms with E-state index in [-0.39, 0.29) is 49.6 Å². The third-order valence-corrected chi connectivity index (χ3v) is 6.96. The average molecular weight is 577 g/mol. The van der Waals surface area contributed by atoms with Gasteiger partial charge in [0, 0.05) is 35.2 Å². The summed E-state index contributed by atoms with van der Waals surface area (Å²) in [4.78, 5) is 79.3. The smallest absolute Gasteiger partial charge is 0.352 e. The zero-order valence-corrected chi connectivity index (χ0v) is 21.6. The Morgan fingerprint density at radius 1 is 0.857 bits per heavy atom. The molecule has 0 unspecified atom stereocenters. The molecule has 0 atom stereocenters. The molecule has 214 valence electrons. The van der Waals surface area contributed by atoms with Gasteiger partial charge in [0.15, 0.2) is 11.5 Å². The zero-order valence-electron chi connectivity index (χ0n) is 21.6. The Morgan fingerprint density at radius 2 is 1.50 bits per heavy atom. The van der Waals surface area contributed by atoms with Crippen LogP contribution in [0.5, 0.6) is 11.5 Å². The normalized spacial score (nSPS) is 13.0. The summed E-state index contributed by atoms with van der Waals surface area (Å²) in [5.41, 5.74) is -2.75. The number of aryl methyl sites for hydroxylation is 1. The third kappa shape index (κ3) is 3.98. The van der Waals surface area contributed by atoms with Gasteiger partial charge in [-0.3, -0.25) is 9.59 Å². The summed E-state index contributed by atoms with van der Waals surface area (Å²) in [6.07, 6.45) is -0.574. The van der Waals surface area contributed by atoms with Crippen molar-refractivity contribution in [1.29, 1.82) is 0 Å². The first-order valence-electron chi connectivity index (χ1n) is 11.9. The van der Waals surface area contributed by atoms with Gasteiger partial charge in [-0.25, -0.2) is 19.2 Å². The van der Waals surface area contributed by atoms with Crippen LogP contribution in [0.1, 0.15) is 53.1 Å². The average Bonchev–Trinajstić information content (AvgIpc) is 3.62. The number of aromatic nitrogens is 3. The number of hydrogen-bond acceptors (Lipinski definition) is 8. The fourth-order valence-corrected chi connectivity index (χ4v) is 5.18. The molecule has 5 rings (SSSR count). The summed E-state index contributed by atoms with van der Waals surface area (Å²) in [6.45, 7) is 0. The molecular formula is C27H19N3O12. The number of nitrogens with one attached hydrogen (secondary N) is 2. The summed E-state index contributed by atoms with van der Waals surface area (Å²) in [6, 6.07) is 4.48. The minimum absolute atomic E-state index is 0.0792. The van der Waals surface area contributed by atoms with E-state index >= 15 is 0 Å². The van der Waals surface area contributed by atoms with Crippen LogP contribution in [-0.2, 0) is 23.1 Å². The third-order valence-electron chi connectivity index (χ3n) is 6.96. The molecule has 3 heterocycles. The summed E-state index contributed by atoms with van der Waals surface area (Å²) in [5, 5.41) is 48.8.